The third-order valence-electron chi connectivity index (χ3n) is 3.39. The molecule has 1 unspecified atom stereocenters. The van der Waals surface area contributed by atoms with Gasteiger partial charge in [-0.05, 0) is 46.1 Å². The number of nitrogens with one attached hydrogen (secondary N) is 2. The molecule has 2 amide bonds. The van der Waals surface area contributed by atoms with Gasteiger partial charge in [-0.1, -0.05) is 0 Å². The van der Waals surface area contributed by atoms with Gasteiger partial charge in [-0.25, -0.2) is 4.79 Å². The zero-order valence-corrected chi connectivity index (χ0v) is 13.7. The van der Waals surface area contributed by atoms with Crippen molar-refractivity contribution in [2.45, 2.75) is 46.1 Å². The quantitative estimate of drug-likeness (QED) is 0.777. The van der Waals surface area contributed by atoms with Crippen LogP contribution in [0.3, 0.4) is 0 Å². The minimum atomic E-state index is -0.452. The molecule has 122 valence electrons. The Hall–Kier alpha value is -1.30. The second-order valence-corrected chi connectivity index (χ2v) is 6.66. The van der Waals surface area contributed by atoms with Gasteiger partial charge in [0.1, 0.15) is 5.60 Å². The minimum Gasteiger partial charge on any atom is -0.444 e. The number of rotatable bonds is 6. The van der Waals surface area contributed by atoms with Crippen molar-refractivity contribution in [2.75, 3.05) is 32.7 Å². The second-order valence-electron chi connectivity index (χ2n) is 6.66. The zero-order valence-electron chi connectivity index (χ0n) is 13.7. The Morgan fingerprint density at radius 2 is 1.95 bits per heavy atom. The van der Waals surface area contributed by atoms with Gasteiger partial charge >= 0.3 is 6.09 Å². The fraction of sp³-hybridized carbons (Fsp3) is 0.867. The molecule has 1 aliphatic rings. The van der Waals surface area contributed by atoms with E-state index in [9.17, 15) is 9.59 Å². The van der Waals surface area contributed by atoms with E-state index in [0.717, 1.165) is 39.0 Å². The Kier molecular flexibility index (Phi) is 6.95. The van der Waals surface area contributed by atoms with Gasteiger partial charge in [-0.3, -0.25) is 4.79 Å². The average molecular weight is 299 g/mol. The monoisotopic (exact) mass is 299 g/mol. The van der Waals surface area contributed by atoms with Crippen LogP contribution in [0.25, 0.3) is 0 Å². The van der Waals surface area contributed by atoms with Gasteiger partial charge in [0.15, 0.2) is 0 Å². The van der Waals surface area contributed by atoms with E-state index in [0.29, 0.717) is 12.5 Å². The van der Waals surface area contributed by atoms with Crippen LogP contribution in [0.1, 0.15) is 40.5 Å². The SMILES string of the molecule is CC(=O)NCCC1CCN(CCNC(=O)OC(C)(C)C)C1. The van der Waals surface area contributed by atoms with E-state index in [-0.39, 0.29) is 12.0 Å². The first kappa shape index (κ1) is 17.8. The van der Waals surface area contributed by atoms with Crippen molar-refractivity contribution in [2.24, 2.45) is 5.92 Å². The topological polar surface area (TPSA) is 70.7 Å². The van der Waals surface area contributed by atoms with Crippen molar-refractivity contribution in [3.63, 3.8) is 0 Å². The van der Waals surface area contributed by atoms with E-state index in [1.54, 1.807) is 6.92 Å². The number of hydrogen-bond acceptors (Lipinski definition) is 4. The lowest BCUT2D eigenvalue weighted by Gasteiger charge is -2.21. The van der Waals surface area contributed by atoms with Crippen LogP contribution in [0.5, 0.6) is 0 Å². The Balaban J connectivity index is 2.09. The molecule has 1 atom stereocenters. The van der Waals surface area contributed by atoms with E-state index in [1.807, 2.05) is 20.8 Å². The van der Waals surface area contributed by atoms with Crippen LogP contribution >= 0.6 is 0 Å². The molecule has 0 radical (unpaired) electrons. The van der Waals surface area contributed by atoms with Gasteiger partial charge in [0.2, 0.25) is 5.91 Å². The fourth-order valence-corrected chi connectivity index (χ4v) is 2.43. The molecule has 0 aromatic carbocycles. The van der Waals surface area contributed by atoms with Crippen LogP contribution in [-0.2, 0) is 9.53 Å². The van der Waals surface area contributed by atoms with Crippen molar-refractivity contribution < 1.29 is 14.3 Å². The standard InChI is InChI=1S/C15H29N3O3/c1-12(19)16-7-5-13-6-9-18(11-13)10-8-17-14(20)21-15(2,3)4/h13H,5-11H2,1-4H3,(H,16,19)(H,17,20). The smallest absolute Gasteiger partial charge is 0.407 e. The first-order valence-electron chi connectivity index (χ1n) is 7.70. The molecule has 1 heterocycles. The number of amides is 2. The molecule has 1 rings (SSSR count). The largest absolute Gasteiger partial charge is 0.444 e. The molecular formula is C15H29N3O3. The predicted octanol–water partition coefficient (Wildman–Crippen LogP) is 1.36. The molecule has 6 nitrogen and oxygen atoms in total. The van der Waals surface area contributed by atoms with Crippen molar-refractivity contribution in [3.8, 4) is 0 Å². The summed E-state index contributed by atoms with van der Waals surface area (Å²) in [6.07, 6.45) is 1.82. The summed E-state index contributed by atoms with van der Waals surface area (Å²) >= 11 is 0. The highest BCUT2D eigenvalue weighted by molar-refractivity contribution is 5.72. The Labute approximate surface area is 127 Å². The van der Waals surface area contributed by atoms with E-state index in [1.165, 1.54) is 0 Å². The normalized spacial score (nSPS) is 19.3. The van der Waals surface area contributed by atoms with E-state index < -0.39 is 5.60 Å². The maximum atomic E-state index is 11.5. The summed E-state index contributed by atoms with van der Waals surface area (Å²) in [7, 11) is 0. The van der Waals surface area contributed by atoms with Crippen molar-refractivity contribution in [3.05, 3.63) is 0 Å². The van der Waals surface area contributed by atoms with E-state index in [2.05, 4.69) is 15.5 Å². The van der Waals surface area contributed by atoms with E-state index >= 15 is 0 Å². The number of likely N-dealkylation sites (tertiary alicyclic amines) is 1. The predicted molar refractivity (Wildman–Crippen MR) is 82.1 cm³/mol. The van der Waals surface area contributed by atoms with Crippen LogP contribution in [0.15, 0.2) is 0 Å². The highest BCUT2D eigenvalue weighted by Crippen LogP contribution is 2.18. The van der Waals surface area contributed by atoms with Crippen LogP contribution in [-0.4, -0.2) is 55.2 Å². The molecule has 1 saturated heterocycles. The zero-order chi connectivity index (χ0) is 15.9. The van der Waals surface area contributed by atoms with Crippen molar-refractivity contribution in [1.82, 2.24) is 15.5 Å². The minimum absolute atomic E-state index is 0.0337. The van der Waals surface area contributed by atoms with Crippen molar-refractivity contribution in [1.29, 1.82) is 0 Å². The molecule has 0 saturated carbocycles. The Morgan fingerprint density at radius 1 is 1.24 bits per heavy atom. The lowest BCUT2D eigenvalue weighted by molar-refractivity contribution is -0.119. The molecular weight excluding hydrogens is 270 g/mol. The van der Waals surface area contributed by atoms with Gasteiger partial charge in [-0.2, -0.15) is 0 Å². The van der Waals surface area contributed by atoms with Gasteiger partial charge in [0, 0.05) is 33.1 Å². The average Bonchev–Trinajstić information content (AvgIpc) is 2.74. The molecule has 6 heteroatoms. The fourth-order valence-electron chi connectivity index (χ4n) is 2.43. The maximum absolute atomic E-state index is 11.5. The molecule has 0 aromatic rings. The molecule has 21 heavy (non-hydrogen) atoms. The van der Waals surface area contributed by atoms with Crippen LogP contribution in [0, 0.1) is 5.92 Å². The lowest BCUT2D eigenvalue weighted by Crippen LogP contribution is -2.37. The van der Waals surface area contributed by atoms with Gasteiger partial charge in [-0.15, -0.1) is 0 Å². The van der Waals surface area contributed by atoms with Crippen LogP contribution in [0.4, 0.5) is 4.79 Å². The number of ether oxygens (including phenoxy) is 1. The summed E-state index contributed by atoms with van der Waals surface area (Å²) in [4.78, 5) is 24.7. The van der Waals surface area contributed by atoms with Crippen LogP contribution in [0.2, 0.25) is 0 Å². The molecule has 0 spiro atoms. The second kappa shape index (κ2) is 8.22. The van der Waals surface area contributed by atoms with E-state index in [4.69, 9.17) is 4.74 Å². The molecule has 0 aliphatic carbocycles. The summed E-state index contributed by atoms with van der Waals surface area (Å²) in [5.41, 5.74) is -0.452. The Morgan fingerprint density at radius 3 is 2.57 bits per heavy atom. The molecule has 1 aliphatic heterocycles. The third kappa shape index (κ3) is 8.55. The van der Waals surface area contributed by atoms with Gasteiger partial charge in [0.25, 0.3) is 0 Å². The van der Waals surface area contributed by atoms with Crippen LogP contribution < -0.4 is 10.6 Å². The highest BCUT2D eigenvalue weighted by atomic mass is 16.6. The number of alkyl carbamates (subject to hydrolysis) is 1. The Bertz CT molecular complexity index is 353. The number of hydrogen-bond donors (Lipinski definition) is 2. The molecule has 1 fully saturated rings. The third-order valence-corrected chi connectivity index (χ3v) is 3.39. The number of carbonyl (C=O) groups is 2. The first-order valence-corrected chi connectivity index (χ1v) is 7.70. The van der Waals surface area contributed by atoms with Crippen molar-refractivity contribution >= 4 is 12.0 Å². The van der Waals surface area contributed by atoms with Gasteiger partial charge < -0.3 is 20.3 Å². The summed E-state index contributed by atoms with van der Waals surface area (Å²) < 4.78 is 5.19. The first-order chi connectivity index (χ1) is 9.76. The van der Waals surface area contributed by atoms with Gasteiger partial charge in [0.05, 0.1) is 0 Å². The number of carbonyl (C=O) groups excluding carboxylic acids is 2. The number of nitrogens with zero attached hydrogens (tertiary/aromatic N) is 1. The molecule has 0 aromatic heterocycles. The maximum Gasteiger partial charge on any atom is 0.407 e. The summed E-state index contributed by atoms with van der Waals surface area (Å²) in [6.45, 7) is 11.4. The highest BCUT2D eigenvalue weighted by Gasteiger charge is 2.22. The molecule has 2 N–H and O–H groups in total. The lowest BCUT2D eigenvalue weighted by atomic mass is 10.1. The summed E-state index contributed by atoms with van der Waals surface area (Å²) in [5, 5.41) is 5.62. The molecule has 0 bridgehead atoms. The summed E-state index contributed by atoms with van der Waals surface area (Å²) in [6, 6.07) is 0. The summed E-state index contributed by atoms with van der Waals surface area (Å²) in [5.74, 6) is 0.671.